The number of unbranched alkanes of at least 4 members (excludes halogenated alkanes) is 5. The molecule has 0 spiro atoms. The molecule has 0 aromatic carbocycles. The molecule has 1 saturated carbocycles. The van der Waals surface area contributed by atoms with Crippen molar-refractivity contribution in [2.24, 2.45) is 11.8 Å². The molecule has 0 N–H and O–H groups in total. The molecule has 0 heterocycles. The van der Waals surface area contributed by atoms with Gasteiger partial charge in [0.05, 0.1) is 18.3 Å². The molecule has 41 heavy (non-hydrogen) atoms. The molecular formula is C32H68O5Si4. The Morgan fingerprint density at radius 3 is 1.85 bits per heavy atom. The first-order valence-corrected chi connectivity index (χ1v) is 30.3. The molecule has 5 nitrogen and oxygen atoms in total. The highest BCUT2D eigenvalue weighted by molar-refractivity contribution is 6.71. The van der Waals surface area contributed by atoms with E-state index in [1.54, 1.807) is 0 Å². The first kappa shape index (κ1) is 39.0. The fraction of sp³-hybridized carbons (Fsp3) is 0.906. The Labute approximate surface area is 259 Å². The highest BCUT2D eigenvalue weighted by Crippen LogP contribution is 2.43. The molecule has 0 saturated heterocycles. The molecule has 0 unspecified atom stereocenters. The van der Waals surface area contributed by atoms with Crippen molar-refractivity contribution in [3.8, 4) is 0 Å². The van der Waals surface area contributed by atoms with Gasteiger partial charge in [-0.2, -0.15) is 0 Å². The minimum Gasteiger partial charge on any atom is -0.520 e. The first-order chi connectivity index (χ1) is 18.7. The van der Waals surface area contributed by atoms with Crippen molar-refractivity contribution >= 4 is 39.2 Å². The molecule has 1 aliphatic rings. The van der Waals surface area contributed by atoms with Crippen LogP contribution in [0.5, 0.6) is 0 Å². The van der Waals surface area contributed by atoms with Gasteiger partial charge in [-0.05, 0) is 110 Å². The van der Waals surface area contributed by atoms with E-state index in [0.717, 1.165) is 44.9 Å². The quantitative estimate of drug-likeness (QED) is 0.0750. The summed E-state index contributed by atoms with van der Waals surface area (Å²) in [5.74, 6) is 0.794. The standard InChI is InChI=1S/C32H68O5Si4/c1-14-15-18-21-27(34-38(2,3)4)24-25-29-28(22-19-16-17-20-23-32(33)37-41(11,12)13)30(35-39(5,6)7)26-31(29)36-40(8,9)10/h24-25,27-31H,14-23,26H2,1-13H3/b25-24+/t27-,28+,29+,30-,31+/m0/s1. The van der Waals surface area contributed by atoms with Crippen molar-refractivity contribution < 1.29 is 22.5 Å². The van der Waals surface area contributed by atoms with Crippen molar-refractivity contribution in [2.45, 2.75) is 174 Å². The molecule has 1 rings (SSSR count). The molecule has 0 aromatic heterocycles. The summed E-state index contributed by atoms with van der Waals surface area (Å²) in [6, 6.07) is 0. The molecule has 0 radical (unpaired) electrons. The van der Waals surface area contributed by atoms with Crippen LogP contribution in [0.2, 0.25) is 78.6 Å². The van der Waals surface area contributed by atoms with E-state index in [1.807, 2.05) is 0 Å². The minimum atomic E-state index is -1.79. The lowest BCUT2D eigenvalue weighted by molar-refractivity contribution is -0.135. The number of carbonyl (C=O) groups excluding carboxylic acids is 1. The number of rotatable bonds is 20. The van der Waals surface area contributed by atoms with Crippen LogP contribution in [-0.2, 0) is 22.5 Å². The lowest BCUT2D eigenvalue weighted by Crippen LogP contribution is -2.35. The van der Waals surface area contributed by atoms with Crippen LogP contribution >= 0.6 is 0 Å². The van der Waals surface area contributed by atoms with Crippen molar-refractivity contribution in [1.29, 1.82) is 0 Å². The maximum Gasteiger partial charge on any atom is 0.292 e. The topological polar surface area (TPSA) is 54.0 Å². The number of hydrogen-bond donors (Lipinski definition) is 0. The summed E-state index contributed by atoms with van der Waals surface area (Å²) in [4.78, 5) is 12.1. The summed E-state index contributed by atoms with van der Waals surface area (Å²) >= 11 is 0. The molecule has 0 aromatic rings. The molecule has 242 valence electrons. The van der Waals surface area contributed by atoms with Gasteiger partial charge >= 0.3 is 0 Å². The lowest BCUT2D eigenvalue weighted by Gasteiger charge is -2.31. The largest absolute Gasteiger partial charge is 0.520 e. The Bertz CT molecular complexity index is 777. The van der Waals surface area contributed by atoms with Gasteiger partial charge in [0.2, 0.25) is 8.32 Å². The first-order valence-electron chi connectivity index (χ1n) is 16.6. The molecular weight excluding hydrogens is 577 g/mol. The smallest absolute Gasteiger partial charge is 0.292 e. The summed E-state index contributed by atoms with van der Waals surface area (Å²) in [5, 5.41) is 0. The molecule has 9 heteroatoms. The van der Waals surface area contributed by atoms with Crippen molar-refractivity contribution in [3.63, 3.8) is 0 Å². The predicted octanol–water partition coefficient (Wildman–Crippen LogP) is 10.1. The fourth-order valence-electron chi connectivity index (χ4n) is 5.79. The van der Waals surface area contributed by atoms with Gasteiger partial charge in [0.25, 0.3) is 5.97 Å². The Kier molecular flexibility index (Phi) is 16.6. The fourth-order valence-corrected chi connectivity index (χ4v) is 10.0. The number of carbonyl (C=O) groups is 1. The van der Waals surface area contributed by atoms with Crippen LogP contribution < -0.4 is 0 Å². The number of hydrogen-bond acceptors (Lipinski definition) is 5. The van der Waals surface area contributed by atoms with Crippen LogP contribution in [0.25, 0.3) is 0 Å². The third-order valence-electron chi connectivity index (χ3n) is 7.11. The zero-order valence-corrected chi connectivity index (χ0v) is 33.4. The van der Waals surface area contributed by atoms with Crippen LogP contribution in [0, 0.1) is 11.8 Å². The van der Waals surface area contributed by atoms with Gasteiger partial charge in [0.1, 0.15) is 0 Å². The van der Waals surface area contributed by atoms with Gasteiger partial charge in [-0.1, -0.05) is 57.6 Å². The summed E-state index contributed by atoms with van der Waals surface area (Å²) < 4.78 is 26.0. The van der Waals surface area contributed by atoms with Crippen LogP contribution in [0.4, 0.5) is 0 Å². The third kappa shape index (κ3) is 19.1. The summed E-state index contributed by atoms with van der Waals surface area (Å²) in [6.07, 6.45) is 17.3. The molecule has 0 bridgehead atoms. The molecule has 1 aliphatic carbocycles. The lowest BCUT2D eigenvalue weighted by atomic mass is 9.87. The van der Waals surface area contributed by atoms with E-state index in [-0.39, 0.29) is 24.3 Å². The monoisotopic (exact) mass is 644 g/mol. The normalized spacial score (nSPS) is 23.3. The molecule has 5 atom stereocenters. The third-order valence-corrected chi connectivity index (χ3v) is 11.0. The minimum absolute atomic E-state index is 0.0193. The van der Waals surface area contributed by atoms with Crippen molar-refractivity contribution in [2.75, 3.05) is 0 Å². The Balaban J connectivity index is 3.04. The van der Waals surface area contributed by atoms with Crippen LogP contribution in [0.15, 0.2) is 12.2 Å². The predicted molar refractivity (Wildman–Crippen MR) is 187 cm³/mol. The van der Waals surface area contributed by atoms with Gasteiger partial charge in [-0.15, -0.1) is 0 Å². The van der Waals surface area contributed by atoms with E-state index in [2.05, 4.69) is 97.6 Å². The van der Waals surface area contributed by atoms with E-state index < -0.39 is 33.3 Å². The zero-order valence-electron chi connectivity index (χ0n) is 29.4. The van der Waals surface area contributed by atoms with Crippen LogP contribution in [0.3, 0.4) is 0 Å². The summed E-state index contributed by atoms with van der Waals surface area (Å²) in [5.41, 5.74) is 0. The Hall–Kier alpha value is -0.0425. The van der Waals surface area contributed by atoms with Gasteiger partial charge in [0, 0.05) is 12.3 Å². The second-order valence-electron chi connectivity index (χ2n) is 16.2. The van der Waals surface area contributed by atoms with Crippen LogP contribution in [-0.4, -0.2) is 57.6 Å². The van der Waals surface area contributed by atoms with Gasteiger partial charge < -0.3 is 17.7 Å². The maximum atomic E-state index is 12.1. The van der Waals surface area contributed by atoms with E-state index >= 15 is 0 Å². The molecule has 1 fully saturated rings. The highest BCUT2D eigenvalue weighted by Gasteiger charge is 2.45. The van der Waals surface area contributed by atoms with E-state index in [4.69, 9.17) is 17.7 Å². The van der Waals surface area contributed by atoms with Crippen molar-refractivity contribution in [1.82, 2.24) is 0 Å². The molecule has 0 amide bonds. The van der Waals surface area contributed by atoms with E-state index in [0.29, 0.717) is 18.3 Å². The highest BCUT2D eigenvalue weighted by atomic mass is 28.4. The Morgan fingerprint density at radius 1 is 0.732 bits per heavy atom. The average molecular weight is 645 g/mol. The van der Waals surface area contributed by atoms with Crippen molar-refractivity contribution in [3.05, 3.63) is 12.2 Å². The zero-order chi connectivity index (χ0) is 31.5. The van der Waals surface area contributed by atoms with Crippen LogP contribution in [0.1, 0.15) is 77.6 Å². The van der Waals surface area contributed by atoms with E-state index in [1.165, 1.54) is 19.3 Å². The Morgan fingerprint density at radius 2 is 1.32 bits per heavy atom. The second-order valence-corrected chi connectivity index (χ2v) is 34.0. The summed E-state index contributed by atoms with van der Waals surface area (Å²) in [6.45, 7) is 29.2. The van der Waals surface area contributed by atoms with Gasteiger partial charge in [-0.25, -0.2) is 0 Å². The summed E-state index contributed by atoms with van der Waals surface area (Å²) in [7, 11) is -6.88. The average Bonchev–Trinajstić information content (AvgIpc) is 3.04. The van der Waals surface area contributed by atoms with Gasteiger partial charge in [-0.3, -0.25) is 4.79 Å². The molecule has 0 aliphatic heterocycles. The second kappa shape index (κ2) is 17.4. The maximum absolute atomic E-state index is 12.1. The van der Waals surface area contributed by atoms with E-state index in [9.17, 15) is 4.79 Å². The van der Waals surface area contributed by atoms with Gasteiger partial charge in [0.15, 0.2) is 25.0 Å². The SMILES string of the molecule is CCCCC[C@@H](/C=C/[C@@H]1[C@@H](CCCCCCC(=O)O[Si](C)(C)C)[C@@H](O[Si](C)(C)C)C[C@H]1O[Si](C)(C)C)O[Si](C)(C)C.